The molecule has 0 saturated carbocycles. The van der Waals surface area contributed by atoms with E-state index in [1.807, 2.05) is 0 Å². The molecule has 0 aromatic carbocycles. The third kappa shape index (κ3) is 2.29. The molecule has 0 aliphatic carbocycles. The van der Waals surface area contributed by atoms with E-state index in [0.29, 0.717) is 6.42 Å². The second-order valence-corrected chi connectivity index (χ2v) is 4.08. The van der Waals surface area contributed by atoms with Gasteiger partial charge in [0, 0.05) is 6.54 Å². The summed E-state index contributed by atoms with van der Waals surface area (Å²) in [6.45, 7) is 7.36. The fourth-order valence-corrected chi connectivity index (χ4v) is 1.65. The van der Waals surface area contributed by atoms with Gasteiger partial charge in [0.05, 0.1) is 0 Å². The fraction of sp³-hybridized carbons (Fsp3) is 0.545. The van der Waals surface area contributed by atoms with E-state index in [1.54, 1.807) is 19.9 Å². The highest BCUT2D eigenvalue weighted by Gasteiger charge is 2.41. The average molecular weight is 224 g/mol. The van der Waals surface area contributed by atoms with Crippen molar-refractivity contribution in [3.05, 3.63) is 12.7 Å². The molecule has 0 radical (unpaired) electrons. The molecule has 1 aliphatic heterocycles. The van der Waals surface area contributed by atoms with Crippen LogP contribution in [0.25, 0.3) is 0 Å². The first-order valence-corrected chi connectivity index (χ1v) is 5.26. The molecule has 0 aromatic rings. The van der Waals surface area contributed by atoms with Crippen molar-refractivity contribution < 1.29 is 14.4 Å². The largest absolute Gasteiger partial charge is 0.330 e. The second-order valence-electron chi connectivity index (χ2n) is 4.08. The van der Waals surface area contributed by atoms with Crippen LogP contribution < -0.4 is 5.32 Å². The minimum atomic E-state index is -0.762. The quantitative estimate of drug-likeness (QED) is 0.570. The predicted octanol–water partition coefficient (Wildman–Crippen LogP) is 0.913. The summed E-state index contributed by atoms with van der Waals surface area (Å²) in [5.74, 6) is -1.79. The van der Waals surface area contributed by atoms with E-state index in [9.17, 15) is 14.4 Å². The lowest BCUT2D eigenvalue weighted by Crippen LogP contribution is -2.59. The molecular weight excluding hydrogens is 208 g/mol. The van der Waals surface area contributed by atoms with E-state index in [-0.39, 0.29) is 12.5 Å². The molecule has 0 spiro atoms. The number of rotatable bonds is 4. The number of amides is 4. The summed E-state index contributed by atoms with van der Waals surface area (Å²) in [5.41, 5.74) is 0. The summed E-state index contributed by atoms with van der Waals surface area (Å²) < 4.78 is 0. The summed E-state index contributed by atoms with van der Waals surface area (Å²) in [5, 5.41) is 2.19. The molecule has 1 rings (SSSR count). The number of carbonyl (C=O) groups is 3. The Bertz CT molecular complexity index is 336. The van der Waals surface area contributed by atoms with Crippen molar-refractivity contribution in [3.8, 4) is 0 Å². The molecule has 5 nitrogen and oxygen atoms in total. The summed E-state index contributed by atoms with van der Waals surface area (Å²) in [4.78, 5) is 35.9. The van der Waals surface area contributed by atoms with Gasteiger partial charge in [0.1, 0.15) is 5.92 Å². The van der Waals surface area contributed by atoms with E-state index >= 15 is 0 Å². The van der Waals surface area contributed by atoms with Gasteiger partial charge in [-0.05, 0) is 12.3 Å². The van der Waals surface area contributed by atoms with Crippen LogP contribution in [0.2, 0.25) is 0 Å². The smallest absolute Gasteiger partial charge is 0.277 e. The van der Waals surface area contributed by atoms with Gasteiger partial charge < -0.3 is 0 Å². The van der Waals surface area contributed by atoms with Gasteiger partial charge in [-0.15, -0.1) is 6.58 Å². The molecule has 0 aromatic heterocycles. The Kier molecular flexibility index (Phi) is 3.82. The Balaban J connectivity index is 2.85. The first kappa shape index (κ1) is 12.4. The SMILES string of the molecule is C=CCCN1C(=O)NC(=O)C(C(C)C)C1=O. The minimum Gasteiger partial charge on any atom is -0.277 e. The second kappa shape index (κ2) is 4.92. The van der Waals surface area contributed by atoms with Crippen molar-refractivity contribution >= 4 is 17.8 Å². The Labute approximate surface area is 94.5 Å². The maximum Gasteiger partial charge on any atom is 0.330 e. The molecule has 1 N–H and O–H groups in total. The lowest BCUT2D eigenvalue weighted by Gasteiger charge is -2.31. The normalized spacial score (nSPS) is 21.3. The molecule has 1 unspecified atom stereocenters. The molecule has 1 atom stereocenters. The molecule has 1 saturated heterocycles. The molecule has 1 aliphatic rings. The summed E-state index contributed by atoms with van der Waals surface area (Å²) in [7, 11) is 0. The van der Waals surface area contributed by atoms with Gasteiger partial charge in [-0.25, -0.2) is 4.79 Å². The van der Waals surface area contributed by atoms with E-state index < -0.39 is 23.8 Å². The number of nitrogens with zero attached hydrogens (tertiary/aromatic N) is 1. The number of urea groups is 1. The lowest BCUT2D eigenvalue weighted by molar-refractivity contribution is -0.144. The molecule has 16 heavy (non-hydrogen) atoms. The summed E-state index contributed by atoms with van der Waals surface area (Å²) in [6.07, 6.45) is 2.15. The molecule has 1 fully saturated rings. The zero-order chi connectivity index (χ0) is 12.3. The molecular formula is C11H16N2O3. The molecule has 4 amide bonds. The molecule has 1 heterocycles. The number of carbonyl (C=O) groups excluding carboxylic acids is 3. The van der Waals surface area contributed by atoms with Crippen LogP contribution in [-0.2, 0) is 9.59 Å². The van der Waals surface area contributed by atoms with Gasteiger partial charge >= 0.3 is 6.03 Å². The molecule has 88 valence electrons. The van der Waals surface area contributed by atoms with Crippen molar-refractivity contribution in [2.24, 2.45) is 11.8 Å². The number of hydrogen-bond donors (Lipinski definition) is 1. The van der Waals surface area contributed by atoms with Gasteiger partial charge in [0.25, 0.3) is 0 Å². The zero-order valence-electron chi connectivity index (χ0n) is 9.53. The highest BCUT2D eigenvalue weighted by Crippen LogP contribution is 2.18. The van der Waals surface area contributed by atoms with Gasteiger partial charge in [0.15, 0.2) is 0 Å². The van der Waals surface area contributed by atoms with Crippen LogP contribution in [0, 0.1) is 11.8 Å². The van der Waals surface area contributed by atoms with Gasteiger partial charge in [-0.3, -0.25) is 19.8 Å². The van der Waals surface area contributed by atoms with Crippen molar-refractivity contribution in [2.75, 3.05) is 6.54 Å². The number of nitrogens with one attached hydrogen (secondary N) is 1. The molecule has 0 bridgehead atoms. The Morgan fingerprint density at radius 3 is 2.56 bits per heavy atom. The zero-order valence-corrected chi connectivity index (χ0v) is 9.53. The van der Waals surface area contributed by atoms with Crippen molar-refractivity contribution in [1.29, 1.82) is 0 Å². The van der Waals surface area contributed by atoms with Gasteiger partial charge in [-0.2, -0.15) is 0 Å². The van der Waals surface area contributed by atoms with Crippen LogP contribution in [-0.4, -0.2) is 29.3 Å². The van der Waals surface area contributed by atoms with E-state index in [1.165, 1.54) is 0 Å². The lowest BCUT2D eigenvalue weighted by atomic mass is 9.92. The minimum absolute atomic E-state index is 0.119. The van der Waals surface area contributed by atoms with Crippen LogP contribution in [0.4, 0.5) is 4.79 Å². The van der Waals surface area contributed by atoms with Crippen molar-refractivity contribution in [2.45, 2.75) is 20.3 Å². The van der Waals surface area contributed by atoms with Crippen LogP contribution in [0.1, 0.15) is 20.3 Å². The van der Waals surface area contributed by atoms with E-state index in [4.69, 9.17) is 0 Å². The summed E-state index contributed by atoms with van der Waals surface area (Å²) >= 11 is 0. The van der Waals surface area contributed by atoms with Crippen LogP contribution in [0.3, 0.4) is 0 Å². The Morgan fingerprint density at radius 2 is 2.06 bits per heavy atom. The molecule has 5 heteroatoms. The monoisotopic (exact) mass is 224 g/mol. The summed E-state index contributed by atoms with van der Waals surface area (Å²) in [6, 6.07) is -0.631. The maximum atomic E-state index is 11.9. The predicted molar refractivity (Wildman–Crippen MR) is 58.4 cm³/mol. The Hall–Kier alpha value is -1.65. The number of barbiturate groups is 1. The van der Waals surface area contributed by atoms with Gasteiger partial charge in [-0.1, -0.05) is 19.9 Å². The first-order chi connectivity index (χ1) is 7.49. The topological polar surface area (TPSA) is 66.5 Å². The standard InChI is InChI=1S/C11H16N2O3/c1-4-5-6-13-10(15)8(7(2)3)9(14)12-11(13)16/h4,7-8H,1,5-6H2,2-3H3,(H,12,14,16). The fourth-order valence-electron chi connectivity index (χ4n) is 1.65. The van der Waals surface area contributed by atoms with Crippen LogP contribution >= 0.6 is 0 Å². The number of hydrogen-bond acceptors (Lipinski definition) is 3. The Morgan fingerprint density at radius 1 is 1.44 bits per heavy atom. The highest BCUT2D eigenvalue weighted by molar-refractivity contribution is 6.16. The van der Waals surface area contributed by atoms with Gasteiger partial charge in [0.2, 0.25) is 11.8 Å². The third-order valence-electron chi connectivity index (χ3n) is 2.51. The van der Waals surface area contributed by atoms with Crippen molar-refractivity contribution in [1.82, 2.24) is 10.2 Å². The number of imide groups is 2. The third-order valence-corrected chi connectivity index (χ3v) is 2.51. The maximum absolute atomic E-state index is 11.9. The first-order valence-electron chi connectivity index (χ1n) is 5.26. The van der Waals surface area contributed by atoms with Crippen LogP contribution in [0.15, 0.2) is 12.7 Å². The van der Waals surface area contributed by atoms with E-state index in [0.717, 1.165) is 4.90 Å². The average Bonchev–Trinajstić information content (AvgIpc) is 2.16. The van der Waals surface area contributed by atoms with Crippen molar-refractivity contribution in [3.63, 3.8) is 0 Å². The highest BCUT2D eigenvalue weighted by atomic mass is 16.2. The van der Waals surface area contributed by atoms with E-state index in [2.05, 4.69) is 11.9 Å². The van der Waals surface area contributed by atoms with Crippen LogP contribution in [0.5, 0.6) is 0 Å².